The van der Waals surface area contributed by atoms with Crippen molar-refractivity contribution in [1.29, 1.82) is 0 Å². The van der Waals surface area contributed by atoms with Gasteiger partial charge in [0, 0.05) is 37.8 Å². The number of aryl methyl sites for hydroxylation is 2. The number of aliphatic hydroxyl groups is 1. The number of aliphatic hydroxyl groups excluding tert-OH is 1. The first-order valence-corrected chi connectivity index (χ1v) is 8.04. The zero-order valence-corrected chi connectivity index (χ0v) is 12.5. The number of hydrogen-bond donors (Lipinski definition) is 2. The summed E-state index contributed by atoms with van der Waals surface area (Å²) in [6.45, 7) is 2.57. The van der Waals surface area contributed by atoms with Crippen LogP contribution in [0.25, 0.3) is 0 Å². The van der Waals surface area contributed by atoms with Gasteiger partial charge in [0.15, 0.2) is 0 Å². The molecule has 0 atom stereocenters. The van der Waals surface area contributed by atoms with Crippen LogP contribution in [0.3, 0.4) is 0 Å². The third-order valence-electron chi connectivity index (χ3n) is 2.90. The fraction of sp³-hybridized carbons (Fsp3) is 0.385. The van der Waals surface area contributed by atoms with Gasteiger partial charge in [0.05, 0.1) is 6.20 Å². The Morgan fingerprint density at radius 1 is 1.33 bits per heavy atom. The van der Waals surface area contributed by atoms with Crippen LogP contribution in [0, 0.1) is 6.92 Å². The van der Waals surface area contributed by atoms with Crippen molar-refractivity contribution >= 4 is 10.0 Å². The zero-order valence-electron chi connectivity index (χ0n) is 11.7. The molecule has 7 nitrogen and oxygen atoms in total. The summed E-state index contributed by atoms with van der Waals surface area (Å²) in [7, 11) is -3.60. The van der Waals surface area contributed by atoms with Crippen LogP contribution in [0.1, 0.15) is 17.7 Å². The summed E-state index contributed by atoms with van der Waals surface area (Å²) >= 11 is 0. The second-order valence-corrected chi connectivity index (χ2v) is 6.42. The Kier molecular flexibility index (Phi) is 5.05. The van der Waals surface area contributed by atoms with Crippen molar-refractivity contribution in [2.75, 3.05) is 6.61 Å². The van der Waals surface area contributed by atoms with Crippen LogP contribution in [0.5, 0.6) is 0 Å². The van der Waals surface area contributed by atoms with Gasteiger partial charge in [-0.25, -0.2) is 13.1 Å². The summed E-state index contributed by atoms with van der Waals surface area (Å²) in [6.07, 6.45) is 4.92. The summed E-state index contributed by atoms with van der Waals surface area (Å²) in [5.74, 6) is 0. The van der Waals surface area contributed by atoms with Crippen molar-refractivity contribution in [2.24, 2.45) is 0 Å². The lowest BCUT2D eigenvalue weighted by atomic mass is 10.2. The highest BCUT2D eigenvalue weighted by Gasteiger charge is 2.16. The van der Waals surface area contributed by atoms with Gasteiger partial charge in [-0.05, 0) is 25.0 Å². The molecule has 21 heavy (non-hydrogen) atoms. The highest BCUT2D eigenvalue weighted by molar-refractivity contribution is 7.89. The summed E-state index contributed by atoms with van der Waals surface area (Å²) in [4.78, 5) is 4.23. The Hall–Kier alpha value is -1.77. The van der Waals surface area contributed by atoms with E-state index in [0.717, 1.165) is 11.3 Å². The van der Waals surface area contributed by atoms with Crippen LogP contribution < -0.4 is 4.72 Å². The lowest BCUT2D eigenvalue weighted by Gasteiger charge is -2.04. The van der Waals surface area contributed by atoms with E-state index in [1.54, 1.807) is 6.20 Å². The zero-order chi connectivity index (χ0) is 15.3. The van der Waals surface area contributed by atoms with Gasteiger partial charge in [-0.15, -0.1) is 0 Å². The van der Waals surface area contributed by atoms with E-state index in [4.69, 9.17) is 5.11 Å². The first-order valence-electron chi connectivity index (χ1n) is 6.56. The smallest absolute Gasteiger partial charge is 0.243 e. The molecule has 2 rings (SSSR count). The summed E-state index contributed by atoms with van der Waals surface area (Å²) < 4.78 is 28.3. The van der Waals surface area contributed by atoms with E-state index >= 15 is 0 Å². The van der Waals surface area contributed by atoms with Crippen molar-refractivity contribution in [3.05, 3.63) is 42.0 Å². The van der Waals surface area contributed by atoms with E-state index < -0.39 is 10.0 Å². The average Bonchev–Trinajstić information content (AvgIpc) is 2.94. The topological polar surface area (TPSA) is 97.1 Å². The molecule has 0 saturated carbocycles. The molecule has 0 aromatic carbocycles. The Bertz CT molecular complexity index is 680. The molecule has 2 heterocycles. The lowest BCUT2D eigenvalue weighted by molar-refractivity contribution is 0.277. The molecular weight excluding hydrogens is 292 g/mol. The van der Waals surface area contributed by atoms with E-state index in [1.165, 1.54) is 17.1 Å². The molecule has 0 amide bonds. The van der Waals surface area contributed by atoms with Crippen LogP contribution >= 0.6 is 0 Å². The fourth-order valence-corrected chi connectivity index (χ4v) is 2.67. The molecule has 0 unspecified atom stereocenters. The SMILES string of the molecule is Cc1ccc(CNS(=O)(=O)c2cnn(CCCO)c2)cn1. The molecule has 8 heteroatoms. The normalized spacial score (nSPS) is 11.7. The van der Waals surface area contributed by atoms with E-state index in [0.29, 0.717) is 13.0 Å². The van der Waals surface area contributed by atoms with Crippen molar-refractivity contribution in [3.63, 3.8) is 0 Å². The number of nitrogens with zero attached hydrogens (tertiary/aromatic N) is 3. The van der Waals surface area contributed by atoms with E-state index in [2.05, 4.69) is 14.8 Å². The molecule has 0 radical (unpaired) electrons. The summed E-state index contributed by atoms with van der Waals surface area (Å²) in [6, 6.07) is 3.66. The van der Waals surface area contributed by atoms with Gasteiger partial charge >= 0.3 is 0 Å². The minimum atomic E-state index is -3.60. The average molecular weight is 310 g/mol. The molecule has 0 aliphatic heterocycles. The van der Waals surface area contributed by atoms with Crippen molar-refractivity contribution in [1.82, 2.24) is 19.5 Å². The van der Waals surface area contributed by atoms with Crippen LogP contribution in [-0.2, 0) is 23.1 Å². The maximum absolute atomic E-state index is 12.1. The maximum atomic E-state index is 12.1. The Labute approximate surface area is 123 Å². The Morgan fingerprint density at radius 2 is 2.14 bits per heavy atom. The second-order valence-electron chi connectivity index (χ2n) is 4.65. The standard InChI is InChI=1S/C13H18N4O3S/c1-11-3-4-12(7-14-11)8-16-21(19,20)13-9-15-17(10-13)5-2-6-18/h3-4,7,9-10,16,18H,2,5-6,8H2,1H3. The third kappa shape index (κ3) is 4.35. The molecule has 0 spiro atoms. The third-order valence-corrected chi connectivity index (χ3v) is 4.26. The molecule has 114 valence electrons. The Morgan fingerprint density at radius 3 is 2.81 bits per heavy atom. The largest absolute Gasteiger partial charge is 0.396 e. The molecule has 0 bridgehead atoms. The quantitative estimate of drug-likeness (QED) is 0.774. The predicted octanol–water partition coefficient (Wildman–Crippen LogP) is 0.447. The van der Waals surface area contributed by atoms with Crippen molar-refractivity contribution in [3.8, 4) is 0 Å². The van der Waals surface area contributed by atoms with E-state index in [1.807, 2.05) is 19.1 Å². The van der Waals surface area contributed by atoms with E-state index in [9.17, 15) is 8.42 Å². The lowest BCUT2D eigenvalue weighted by Crippen LogP contribution is -2.23. The number of aromatic nitrogens is 3. The van der Waals surface area contributed by atoms with Crippen LogP contribution in [-0.4, -0.2) is 34.9 Å². The monoisotopic (exact) mass is 310 g/mol. The van der Waals surface area contributed by atoms with Gasteiger partial charge in [-0.2, -0.15) is 5.10 Å². The number of hydrogen-bond acceptors (Lipinski definition) is 5. The van der Waals surface area contributed by atoms with Crippen LogP contribution in [0.4, 0.5) is 0 Å². The van der Waals surface area contributed by atoms with Crippen molar-refractivity contribution < 1.29 is 13.5 Å². The fourth-order valence-electron chi connectivity index (χ4n) is 1.70. The minimum Gasteiger partial charge on any atom is -0.396 e. The molecule has 2 aromatic heterocycles. The highest BCUT2D eigenvalue weighted by Crippen LogP contribution is 2.08. The summed E-state index contributed by atoms with van der Waals surface area (Å²) in [5, 5.41) is 12.7. The number of nitrogens with one attached hydrogen (secondary N) is 1. The molecule has 0 aliphatic carbocycles. The van der Waals surface area contributed by atoms with Gasteiger partial charge in [0.1, 0.15) is 4.90 Å². The maximum Gasteiger partial charge on any atom is 0.243 e. The molecular formula is C13H18N4O3S. The van der Waals surface area contributed by atoms with Crippen LogP contribution in [0.2, 0.25) is 0 Å². The number of rotatable bonds is 7. The van der Waals surface area contributed by atoms with Gasteiger partial charge < -0.3 is 5.11 Å². The van der Waals surface area contributed by atoms with Gasteiger partial charge in [0.2, 0.25) is 10.0 Å². The van der Waals surface area contributed by atoms with Crippen molar-refractivity contribution in [2.45, 2.75) is 31.3 Å². The molecule has 0 saturated heterocycles. The highest BCUT2D eigenvalue weighted by atomic mass is 32.2. The summed E-state index contributed by atoms with van der Waals surface area (Å²) in [5.41, 5.74) is 1.67. The first kappa shape index (κ1) is 15.6. The van der Waals surface area contributed by atoms with Gasteiger partial charge in [0.25, 0.3) is 0 Å². The van der Waals surface area contributed by atoms with Gasteiger partial charge in [-0.1, -0.05) is 6.07 Å². The van der Waals surface area contributed by atoms with E-state index in [-0.39, 0.29) is 18.0 Å². The number of pyridine rings is 1. The predicted molar refractivity (Wildman–Crippen MR) is 76.9 cm³/mol. The first-order chi connectivity index (χ1) is 10.0. The Balaban J connectivity index is 2.00. The molecule has 2 N–H and O–H groups in total. The molecule has 2 aromatic rings. The van der Waals surface area contributed by atoms with Crippen LogP contribution in [0.15, 0.2) is 35.6 Å². The minimum absolute atomic E-state index is 0.0423. The molecule has 0 fully saturated rings. The second kappa shape index (κ2) is 6.79. The number of sulfonamides is 1. The molecule has 0 aliphatic rings. The van der Waals surface area contributed by atoms with Gasteiger partial charge in [-0.3, -0.25) is 9.67 Å².